The summed E-state index contributed by atoms with van der Waals surface area (Å²) in [6.07, 6.45) is 6.89. The van der Waals surface area contributed by atoms with Crippen molar-refractivity contribution in [1.29, 1.82) is 0 Å². The van der Waals surface area contributed by atoms with E-state index in [4.69, 9.17) is 10.6 Å². The Morgan fingerprint density at radius 1 is 1.40 bits per heavy atom. The Labute approximate surface area is 90.0 Å². The van der Waals surface area contributed by atoms with Gasteiger partial charge < -0.3 is 4.74 Å². The highest BCUT2D eigenvalue weighted by Gasteiger charge is 2.09. The molecule has 0 radical (unpaired) electrons. The van der Waals surface area contributed by atoms with E-state index in [0.717, 1.165) is 25.0 Å². The van der Waals surface area contributed by atoms with Crippen molar-refractivity contribution in [1.82, 2.24) is 15.4 Å². The molecule has 15 heavy (non-hydrogen) atoms. The van der Waals surface area contributed by atoms with Crippen LogP contribution in [-0.4, -0.2) is 23.2 Å². The molecule has 1 atom stereocenters. The van der Waals surface area contributed by atoms with Gasteiger partial charge in [-0.1, -0.05) is 6.92 Å². The third kappa shape index (κ3) is 4.33. The normalized spacial score (nSPS) is 12.7. The van der Waals surface area contributed by atoms with Crippen molar-refractivity contribution >= 4 is 0 Å². The molecule has 1 unspecified atom stereocenters. The molecular formula is C10H18N4O. The molecule has 3 N–H and O–H groups in total. The van der Waals surface area contributed by atoms with Gasteiger partial charge in [-0.05, 0) is 12.8 Å². The van der Waals surface area contributed by atoms with Crippen LogP contribution in [0.1, 0.15) is 31.4 Å². The average molecular weight is 210 g/mol. The lowest BCUT2D eigenvalue weighted by molar-refractivity contribution is 0.124. The number of ether oxygens (including phenoxy) is 1. The minimum absolute atomic E-state index is 0.0584. The molecule has 0 saturated heterocycles. The minimum Gasteiger partial charge on any atom is -0.381 e. The molecule has 1 heterocycles. The highest BCUT2D eigenvalue weighted by atomic mass is 16.5. The molecule has 0 saturated carbocycles. The van der Waals surface area contributed by atoms with Gasteiger partial charge in [-0.25, -0.2) is 9.97 Å². The first-order valence-corrected chi connectivity index (χ1v) is 5.17. The Balaban J connectivity index is 2.36. The summed E-state index contributed by atoms with van der Waals surface area (Å²) in [5.41, 5.74) is 3.72. The van der Waals surface area contributed by atoms with Crippen molar-refractivity contribution in [3.63, 3.8) is 0 Å². The van der Waals surface area contributed by atoms with Gasteiger partial charge in [0.25, 0.3) is 0 Å². The molecular weight excluding hydrogens is 192 g/mol. The SMILES string of the molecule is CCCOCCC(NN)c1cncnc1. The fourth-order valence-corrected chi connectivity index (χ4v) is 1.28. The largest absolute Gasteiger partial charge is 0.381 e. The zero-order valence-electron chi connectivity index (χ0n) is 9.02. The zero-order chi connectivity index (χ0) is 10.9. The van der Waals surface area contributed by atoms with Gasteiger partial charge in [0.05, 0.1) is 6.04 Å². The van der Waals surface area contributed by atoms with E-state index < -0.39 is 0 Å². The summed E-state index contributed by atoms with van der Waals surface area (Å²) in [6, 6.07) is 0.0584. The van der Waals surface area contributed by atoms with Crippen molar-refractivity contribution in [2.45, 2.75) is 25.8 Å². The highest BCUT2D eigenvalue weighted by molar-refractivity contribution is 5.08. The van der Waals surface area contributed by atoms with Gasteiger partial charge in [0.2, 0.25) is 0 Å². The lowest BCUT2D eigenvalue weighted by Gasteiger charge is -2.15. The maximum absolute atomic E-state index is 5.46. The fraction of sp³-hybridized carbons (Fsp3) is 0.600. The third-order valence-electron chi connectivity index (χ3n) is 2.08. The predicted octanol–water partition coefficient (Wildman–Crippen LogP) is 0.798. The van der Waals surface area contributed by atoms with Gasteiger partial charge in [0, 0.05) is 31.2 Å². The van der Waals surface area contributed by atoms with Gasteiger partial charge >= 0.3 is 0 Å². The van der Waals surface area contributed by atoms with Crippen LogP contribution < -0.4 is 11.3 Å². The Kier molecular flexibility index (Phi) is 5.84. The van der Waals surface area contributed by atoms with Crippen LogP contribution in [0, 0.1) is 0 Å². The van der Waals surface area contributed by atoms with E-state index in [1.54, 1.807) is 12.4 Å². The van der Waals surface area contributed by atoms with E-state index in [0.29, 0.717) is 6.61 Å². The quantitative estimate of drug-likeness (QED) is 0.395. The van der Waals surface area contributed by atoms with Crippen molar-refractivity contribution < 1.29 is 4.74 Å². The lowest BCUT2D eigenvalue weighted by Crippen LogP contribution is -2.29. The van der Waals surface area contributed by atoms with Crippen LogP contribution in [0.3, 0.4) is 0 Å². The Morgan fingerprint density at radius 2 is 2.13 bits per heavy atom. The van der Waals surface area contributed by atoms with E-state index >= 15 is 0 Å². The maximum Gasteiger partial charge on any atom is 0.115 e. The topological polar surface area (TPSA) is 73.1 Å². The second-order valence-electron chi connectivity index (χ2n) is 3.29. The van der Waals surface area contributed by atoms with Crippen LogP contribution in [0.5, 0.6) is 0 Å². The van der Waals surface area contributed by atoms with Gasteiger partial charge in [-0.15, -0.1) is 0 Å². The summed E-state index contributed by atoms with van der Waals surface area (Å²) in [5, 5.41) is 0. The standard InChI is InChI=1S/C10H18N4O/c1-2-4-15-5-3-10(14-11)9-6-12-8-13-7-9/h6-8,10,14H,2-5,11H2,1H3. The van der Waals surface area contributed by atoms with Crippen LogP contribution >= 0.6 is 0 Å². The molecule has 0 aliphatic rings. The third-order valence-corrected chi connectivity index (χ3v) is 2.08. The molecule has 84 valence electrons. The molecule has 0 bridgehead atoms. The van der Waals surface area contributed by atoms with Crippen LogP contribution in [0.2, 0.25) is 0 Å². The van der Waals surface area contributed by atoms with Crippen molar-refractivity contribution in [3.05, 3.63) is 24.3 Å². The number of hydrogen-bond donors (Lipinski definition) is 2. The van der Waals surface area contributed by atoms with Gasteiger partial charge in [0.1, 0.15) is 6.33 Å². The summed E-state index contributed by atoms with van der Waals surface area (Å²) in [7, 11) is 0. The van der Waals surface area contributed by atoms with Gasteiger partial charge in [-0.2, -0.15) is 0 Å². The first kappa shape index (κ1) is 12.0. The Bertz CT molecular complexity index is 255. The van der Waals surface area contributed by atoms with E-state index in [-0.39, 0.29) is 6.04 Å². The molecule has 1 aromatic rings. The van der Waals surface area contributed by atoms with E-state index in [2.05, 4.69) is 22.3 Å². The second kappa shape index (κ2) is 7.28. The molecule has 0 aliphatic carbocycles. The number of rotatable bonds is 7. The maximum atomic E-state index is 5.46. The van der Waals surface area contributed by atoms with Crippen LogP contribution in [0.4, 0.5) is 0 Å². The summed E-state index contributed by atoms with van der Waals surface area (Å²) < 4.78 is 5.40. The molecule has 0 spiro atoms. The molecule has 0 aliphatic heterocycles. The number of hydrazine groups is 1. The second-order valence-corrected chi connectivity index (χ2v) is 3.29. The fourth-order valence-electron chi connectivity index (χ4n) is 1.28. The van der Waals surface area contributed by atoms with Gasteiger partial charge in [0.15, 0.2) is 0 Å². The summed E-state index contributed by atoms with van der Waals surface area (Å²) >= 11 is 0. The first-order chi connectivity index (χ1) is 7.38. The van der Waals surface area contributed by atoms with Gasteiger partial charge in [-0.3, -0.25) is 11.3 Å². The van der Waals surface area contributed by atoms with Crippen molar-refractivity contribution in [2.24, 2.45) is 5.84 Å². The monoisotopic (exact) mass is 210 g/mol. The predicted molar refractivity (Wildman–Crippen MR) is 57.8 cm³/mol. The summed E-state index contributed by atoms with van der Waals surface area (Å²) in [5.74, 6) is 5.46. The summed E-state index contributed by atoms with van der Waals surface area (Å²) in [4.78, 5) is 7.90. The smallest absolute Gasteiger partial charge is 0.115 e. The average Bonchev–Trinajstić information content (AvgIpc) is 2.30. The number of nitrogens with two attached hydrogens (primary N) is 1. The van der Waals surface area contributed by atoms with Crippen LogP contribution in [-0.2, 0) is 4.74 Å². The minimum atomic E-state index is 0.0584. The number of aromatic nitrogens is 2. The molecule has 5 nitrogen and oxygen atoms in total. The molecule has 1 rings (SSSR count). The lowest BCUT2D eigenvalue weighted by atomic mass is 10.1. The van der Waals surface area contributed by atoms with Crippen molar-refractivity contribution in [3.8, 4) is 0 Å². The molecule has 0 aromatic carbocycles. The van der Waals surface area contributed by atoms with Crippen LogP contribution in [0.25, 0.3) is 0 Å². The van der Waals surface area contributed by atoms with E-state index in [9.17, 15) is 0 Å². The molecule has 0 amide bonds. The summed E-state index contributed by atoms with van der Waals surface area (Å²) in [6.45, 7) is 3.57. The van der Waals surface area contributed by atoms with Crippen molar-refractivity contribution in [2.75, 3.05) is 13.2 Å². The first-order valence-electron chi connectivity index (χ1n) is 5.17. The Morgan fingerprint density at radius 3 is 2.73 bits per heavy atom. The highest BCUT2D eigenvalue weighted by Crippen LogP contribution is 2.13. The van der Waals surface area contributed by atoms with E-state index in [1.165, 1.54) is 6.33 Å². The number of nitrogens with zero attached hydrogens (tertiary/aromatic N) is 2. The molecule has 0 fully saturated rings. The zero-order valence-corrected chi connectivity index (χ0v) is 9.02. The van der Waals surface area contributed by atoms with Crippen LogP contribution in [0.15, 0.2) is 18.7 Å². The number of hydrogen-bond acceptors (Lipinski definition) is 5. The Hall–Kier alpha value is -1.04. The number of nitrogens with one attached hydrogen (secondary N) is 1. The van der Waals surface area contributed by atoms with E-state index in [1.807, 2.05) is 0 Å². The molecule has 1 aromatic heterocycles. The molecule has 5 heteroatoms.